The van der Waals surface area contributed by atoms with Gasteiger partial charge in [0, 0.05) is 12.0 Å². The van der Waals surface area contributed by atoms with E-state index in [1.165, 1.54) is 12.1 Å². The Hall–Kier alpha value is -1.23. The molecule has 1 aliphatic carbocycles. The minimum Gasteiger partial charge on any atom is -0.406 e. The number of halogens is 3. The third-order valence-corrected chi connectivity index (χ3v) is 3.40. The Morgan fingerprint density at radius 2 is 1.76 bits per heavy atom. The smallest absolute Gasteiger partial charge is 0.406 e. The number of ether oxygens (including phenoxy) is 1. The molecule has 5 heteroatoms. The Labute approximate surface area is 97.6 Å². The highest BCUT2D eigenvalue weighted by Crippen LogP contribution is 2.43. The topological polar surface area (TPSA) is 35.2 Å². The summed E-state index contributed by atoms with van der Waals surface area (Å²) in [5.41, 5.74) is 6.70. The van der Waals surface area contributed by atoms with Gasteiger partial charge in [-0.25, -0.2) is 0 Å². The van der Waals surface area contributed by atoms with Crippen molar-refractivity contribution >= 4 is 0 Å². The Morgan fingerprint density at radius 1 is 1.18 bits per heavy atom. The molecule has 0 heterocycles. The predicted octanol–water partition coefficient (Wildman–Crippen LogP) is 2.97. The van der Waals surface area contributed by atoms with E-state index < -0.39 is 6.36 Å². The van der Waals surface area contributed by atoms with E-state index in [4.69, 9.17) is 5.73 Å². The summed E-state index contributed by atoms with van der Waals surface area (Å²) < 4.78 is 39.8. The monoisotopic (exact) mass is 245 g/mol. The molecule has 0 amide bonds. The van der Waals surface area contributed by atoms with Gasteiger partial charge in [0.05, 0.1) is 0 Å². The van der Waals surface area contributed by atoms with Crippen molar-refractivity contribution in [3.63, 3.8) is 0 Å². The molecule has 1 saturated carbocycles. The second kappa shape index (κ2) is 4.22. The summed E-state index contributed by atoms with van der Waals surface area (Å²) in [4.78, 5) is 0. The number of hydrogen-bond donors (Lipinski definition) is 1. The minimum atomic E-state index is -4.64. The molecule has 2 N–H and O–H groups in total. The van der Waals surface area contributed by atoms with Gasteiger partial charge < -0.3 is 10.5 Å². The second-order valence-corrected chi connectivity index (χ2v) is 4.41. The first-order valence-corrected chi connectivity index (χ1v) is 5.52. The third kappa shape index (κ3) is 2.54. The molecule has 2 nitrogen and oxygen atoms in total. The van der Waals surface area contributed by atoms with Gasteiger partial charge in [0.15, 0.2) is 0 Å². The molecule has 0 unspecified atom stereocenters. The highest BCUT2D eigenvalue weighted by atomic mass is 19.4. The van der Waals surface area contributed by atoms with E-state index >= 15 is 0 Å². The molecule has 1 aliphatic rings. The largest absolute Gasteiger partial charge is 0.573 e. The fourth-order valence-corrected chi connectivity index (χ4v) is 2.22. The fourth-order valence-electron chi connectivity index (χ4n) is 2.22. The lowest BCUT2D eigenvalue weighted by atomic mass is 9.64. The molecule has 0 aromatic heterocycles. The Morgan fingerprint density at radius 3 is 2.12 bits per heavy atom. The molecule has 0 saturated heterocycles. The van der Waals surface area contributed by atoms with Gasteiger partial charge in [-0.05, 0) is 30.5 Å². The highest BCUT2D eigenvalue weighted by molar-refractivity contribution is 5.34. The van der Waals surface area contributed by atoms with Crippen molar-refractivity contribution in [2.24, 2.45) is 5.73 Å². The lowest BCUT2D eigenvalue weighted by Crippen LogP contribution is -2.41. The van der Waals surface area contributed by atoms with Gasteiger partial charge in [0.1, 0.15) is 5.75 Å². The van der Waals surface area contributed by atoms with Crippen LogP contribution in [0.2, 0.25) is 0 Å². The molecule has 0 radical (unpaired) electrons. The summed E-state index contributed by atoms with van der Waals surface area (Å²) in [5, 5.41) is 0. The Bertz CT molecular complexity index is 376. The van der Waals surface area contributed by atoms with Crippen LogP contribution in [-0.4, -0.2) is 12.9 Å². The quantitative estimate of drug-likeness (QED) is 0.888. The van der Waals surface area contributed by atoms with Crippen LogP contribution in [0.5, 0.6) is 5.75 Å². The number of nitrogens with two attached hydrogens (primary N) is 1. The van der Waals surface area contributed by atoms with Crippen molar-refractivity contribution < 1.29 is 17.9 Å². The number of rotatable bonds is 3. The van der Waals surface area contributed by atoms with Gasteiger partial charge in [-0.1, -0.05) is 18.6 Å². The zero-order valence-electron chi connectivity index (χ0n) is 9.26. The van der Waals surface area contributed by atoms with Gasteiger partial charge >= 0.3 is 6.36 Å². The van der Waals surface area contributed by atoms with Gasteiger partial charge in [0.2, 0.25) is 0 Å². The van der Waals surface area contributed by atoms with Gasteiger partial charge in [-0.15, -0.1) is 13.2 Å². The van der Waals surface area contributed by atoms with E-state index in [1.807, 2.05) is 0 Å². The molecule has 0 bridgehead atoms. The molecular formula is C12H14F3NO. The van der Waals surface area contributed by atoms with Gasteiger partial charge in [-0.3, -0.25) is 0 Å². The first kappa shape index (κ1) is 12.2. The van der Waals surface area contributed by atoms with Crippen LogP contribution in [0, 0.1) is 0 Å². The SMILES string of the molecule is NCC1(c2ccc(OC(F)(F)F)cc2)CCC1. The fraction of sp³-hybridized carbons (Fsp3) is 0.500. The molecule has 0 spiro atoms. The van der Waals surface area contributed by atoms with Crippen LogP contribution < -0.4 is 10.5 Å². The van der Waals surface area contributed by atoms with E-state index in [-0.39, 0.29) is 11.2 Å². The summed E-state index contributed by atoms with van der Waals surface area (Å²) in [5.74, 6) is -0.187. The first-order chi connectivity index (χ1) is 7.95. The average Bonchev–Trinajstić information content (AvgIpc) is 2.17. The van der Waals surface area contributed by atoms with E-state index in [1.54, 1.807) is 12.1 Å². The maximum Gasteiger partial charge on any atom is 0.573 e. The minimum absolute atomic E-state index is 0.0310. The zero-order valence-corrected chi connectivity index (χ0v) is 9.26. The van der Waals surface area contributed by atoms with Gasteiger partial charge in [0.25, 0.3) is 0 Å². The molecule has 1 fully saturated rings. The normalized spacial score (nSPS) is 18.6. The summed E-state index contributed by atoms with van der Waals surface area (Å²) >= 11 is 0. The van der Waals surface area contributed by atoms with E-state index in [2.05, 4.69) is 4.74 Å². The first-order valence-electron chi connectivity index (χ1n) is 5.52. The molecular weight excluding hydrogens is 231 g/mol. The molecule has 1 aromatic carbocycles. The van der Waals surface area contributed by atoms with Crippen LogP contribution in [0.4, 0.5) is 13.2 Å². The van der Waals surface area contributed by atoms with Crippen molar-refractivity contribution in [3.05, 3.63) is 29.8 Å². The maximum absolute atomic E-state index is 12.0. The molecule has 94 valence electrons. The van der Waals surface area contributed by atoms with Crippen LogP contribution in [0.25, 0.3) is 0 Å². The number of hydrogen-bond acceptors (Lipinski definition) is 2. The van der Waals surface area contributed by atoms with Gasteiger partial charge in [-0.2, -0.15) is 0 Å². The van der Waals surface area contributed by atoms with Crippen LogP contribution in [0.15, 0.2) is 24.3 Å². The Balaban J connectivity index is 2.13. The lowest BCUT2D eigenvalue weighted by Gasteiger charge is -2.41. The highest BCUT2D eigenvalue weighted by Gasteiger charge is 2.37. The Kier molecular flexibility index (Phi) is 3.03. The molecule has 0 aliphatic heterocycles. The van der Waals surface area contributed by atoms with Crippen LogP contribution >= 0.6 is 0 Å². The maximum atomic E-state index is 12.0. The summed E-state index contributed by atoms with van der Waals surface area (Å²) in [6, 6.07) is 6.04. The second-order valence-electron chi connectivity index (χ2n) is 4.41. The number of alkyl halides is 3. The van der Waals surface area contributed by atoms with Crippen LogP contribution in [0.3, 0.4) is 0 Å². The zero-order chi connectivity index (χ0) is 12.5. The summed E-state index contributed by atoms with van der Waals surface area (Å²) in [6.45, 7) is 0.534. The van der Waals surface area contributed by atoms with Crippen molar-refractivity contribution in [2.45, 2.75) is 31.0 Å². The standard InChI is InChI=1S/C12H14F3NO/c13-12(14,15)17-10-4-2-9(3-5-10)11(8-16)6-1-7-11/h2-5H,1,6-8,16H2. The van der Waals surface area contributed by atoms with Crippen molar-refractivity contribution in [1.82, 2.24) is 0 Å². The third-order valence-electron chi connectivity index (χ3n) is 3.40. The van der Waals surface area contributed by atoms with Crippen LogP contribution in [0.1, 0.15) is 24.8 Å². The molecule has 1 aromatic rings. The summed E-state index contributed by atoms with van der Waals surface area (Å²) in [7, 11) is 0. The molecule has 0 atom stereocenters. The number of benzene rings is 1. The average molecular weight is 245 g/mol. The van der Waals surface area contributed by atoms with Crippen molar-refractivity contribution in [1.29, 1.82) is 0 Å². The van der Waals surface area contributed by atoms with Crippen molar-refractivity contribution in [3.8, 4) is 5.75 Å². The van der Waals surface area contributed by atoms with Crippen LogP contribution in [-0.2, 0) is 5.41 Å². The molecule has 2 rings (SSSR count). The van der Waals surface area contributed by atoms with E-state index in [0.29, 0.717) is 6.54 Å². The van der Waals surface area contributed by atoms with Crippen molar-refractivity contribution in [2.75, 3.05) is 6.54 Å². The summed E-state index contributed by atoms with van der Waals surface area (Å²) in [6.07, 6.45) is -1.51. The molecule has 17 heavy (non-hydrogen) atoms. The van der Waals surface area contributed by atoms with E-state index in [0.717, 1.165) is 24.8 Å². The predicted molar refractivity (Wildman–Crippen MR) is 57.7 cm³/mol. The van der Waals surface area contributed by atoms with E-state index in [9.17, 15) is 13.2 Å². The lowest BCUT2D eigenvalue weighted by molar-refractivity contribution is -0.274.